The summed E-state index contributed by atoms with van der Waals surface area (Å²) in [7, 11) is 1.62. The first-order chi connectivity index (χ1) is 10.7. The molecule has 23 heavy (non-hydrogen) atoms. The van der Waals surface area contributed by atoms with Crippen molar-refractivity contribution >= 4 is 18.3 Å². The first-order valence-corrected chi connectivity index (χ1v) is 7.96. The summed E-state index contributed by atoms with van der Waals surface area (Å²) in [5.74, 6) is 1.48. The maximum atomic E-state index is 12.3. The van der Waals surface area contributed by atoms with E-state index in [1.807, 2.05) is 23.1 Å². The average Bonchev–Trinajstić information content (AvgIpc) is 3.01. The van der Waals surface area contributed by atoms with Gasteiger partial charge in [0.15, 0.2) is 6.61 Å². The van der Waals surface area contributed by atoms with Gasteiger partial charge in [0, 0.05) is 25.7 Å². The van der Waals surface area contributed by atoms with Crippen LogP contribution in [0.4, 0.5) is 0 Å². The molecule has 2 fully saturated rings. The summed E-state index contributed by atoms with van der Waals surface area (Å²) < 4.78 is 10.7. The number of hydrogen-bond donors (Lipinski definition) is 1. The van der Waals surface area contributed by atoms with Crippen molar-refractivity contribution in [2.24, 2.45) is 5.41 Å². The highest BCUT2D eigenvalue weighted by molar-refractivity contribution is 5.85. The zero-order chi connectivity index (χ0) is 15.4. The number of hydrogen-bond acceptors (Lipinski definition) is 4. The monoisotopic (exact) mass is 340 g/mol. The summed E-state index contributed by atoms with van der Waals surface area (Å²) in [6, 6.07) is 7.35. The molecule has 0 unspecified atom stereocenters. The molecule has 128 valence electrons. The van der Waals surface area contributed by atoms with Gasteiger partial charge >= 0.3 is 0 Å². The molecule has 0 atom stereocenters. The second-order valence-electron chi connectivity index (χ2n) is 6.28. The van der Waals surface area contributed by atoms with Crippen LogP contribution in [0, 0.1) is 5.41 Å². The van der Waals surface area contributed by atoms with Crippen LogP contribution in [0.1, 0.15) is 19.3 Å². The zero-order valence-electron chi connectivity index (χ0n) is 13.5. The molecule has 1 spiro atoms. The van der Waals surface area contributed by atoms with Gasteiger partial charge in [-0.25, -0.2) is 0 Å². The van der Waals surface area contributed by atoms with Crippen LogP contribution in [-0.2, 0) is 4.79 Å². The second kappa shape index (κ2) is 7.88. The van der Waals surface area contributed by atoms with E-state index in [0.29, 0.717) is 11.2 Å². The number of amides is 1. The molecule has 2 saturated heterocycles. The first-order valence-electron chi connectivity index (χ1n) is 7.96. The maximum Gasteiger partial charge on any atom is 0.260 e. The average molecular weight is 341 g/mol. The normalized spacial score (nSPS) is 19.3. The Hall–Kier alpha value is -1.46. The van der Waals surface area contributed by atoms with Crippen LogP contribution in [0.5, 0.6) is 11.5 Å². The molecule has 3 rings (SSSR count). The van der Waals surface area contributed by atoms with E-state index in [1.54, 1.807) is 13.2 Å². The SMILES string of the molecule is COc1cccc(OCC(=O)N2CCC3(CCNC3)CC2)c1.Cl. The predicted octanol–water partition coefficient (Wildman–Crippen LogP) is 2.10. The third-order valence-corrected chi connectivity index (χ3v) is 4.91. The minimum atomic E-state index is 0. The van der Waals surface area contributed by atoms with Crippen LogP contribution in [0.25, 0.3) is 0 Å². The highest BCUT2D eigenvalue weighted by Gasteiger charge is 2.37. The number of nitrogens with one attached hydrogen (secondary N) is 1. The van der Waals surface area contributed by atoms with E-state index in [4.69, 9.17) is 9.47 Å². The number of carbonyl (C=O) groups is 1. The van der Waals surface area contributed by atoms with Gasteiger partial charge < -0.3 is 19.7 Å². The lowest BCUT2D eigenvalue weighted by molar-refractivity contribution is -0.135. The molecule has 0 radical (unpaired) electrons. The zero-order valence-corrected chi connectivity index (χ0v) is 14.4. The lowest BCUT2D eigenvalue weighted by Gasteiger charge is -2.38. The quantitative estimate of drug-likeness (QED) is 0.912. The number of likely N-dealkylation sites (tertiary alicyclic amines) is 1. The number of halogens is 1. The Kier molecular flexibility index (Phi) is 6.13. The molecule has 2 heterocycles. The van der Waals surface area contributed by atoms with Crippen LogP contribution in [0.3, 0.4) is 0 Å². The van der Waals surface area contributed by atoms with Gasteiger partial charge in [0.1, 0.15) is 11.5 Å². The van der Waals surface area contributed by atoms with Gasteiger partial charge in [0.05, 0.1) is 7.11 Å². The summed E-state index contributed by atoms with van der Waals surface area (Å²) in [6.45, 7) is 4.02. The van der Waals surface area contributed by atoms with Gasteiger partial charge in [0.2, 0.25) is 0 Å². The molecular weight excluding hydrogens is 316 g/mol. The number of carbonyl (C=O) groups excluding carboxylic acids is 1. The van der Waals surface area contributed by atoms with Crippen molar-refractivity contribution < 1.29 is 14.3 Å². The van der Waals surface area contributed by atoms with Gasteiger partial charge in [-0.1, -0.05) is 6.07 Å². The molecule has 0 saturated carbocycles. The summed E-state index contributed by atoms with van der Waals surface area (Å²) in [5, 5.41) is 3.44. The Morgan fingerprint density at radius 2 is 2.00 bits per heavy atom. The van der Waals surface area contributed by atoms with Gasteiger partial charge in [0.25, 0.3) is 5.91 Å². The fourth-order valence-electron chi connectivity index (χ4n) is 3.38. The topological polar surface area (TPSA) is 50.8 Å². The highest BCUT2D eigenvalue weighted by Crippen LogP contribution is 2.36. The predicted molar refractivity (Wildman–Crippen MR) is 91.5 cm³/mol. The van der Waals surface area contributed by atoms with Crippen molar-refractivity contribution in [2.75, 3.05) is 39.9 Å². The van der Waals surface area contributed by atoms with E-state index in [-0.39, 0.29) is 24.9 Å². The van der Waals surface area contributed by atoms with Gasteiger partial charge in [-0.2, -0.15) is 0 Å². The fraction of sp³-hybridized carbons (Fsp3) is 0.588. The lowest BCUT2D eigenvalue weighted by atomic mass is 9.78. The molecule has 0 aliphatic carbocycles. The minimum absolute atomic E-state index is 0. The van der Waals surface area contributed by atoms with Crippen molar-refractivity contribution in [1.29, 1.82) is 0 Å². The maximum absolute atomic E-state index is 12.3. The number of piperidine rings is 1. The molecule has 1 N–H and O–H groups in total. The van der Waals surface area contributed by atoms with Crippen LogP contribution in [0.2, 0.25) is 0 Å². The van der Waals surface area contributed by atoms with E-state index in [9.17, 15) is 4.79 Å². The molecule has 5 nitrogen and oxygen atoms in total. The van der Waals surface area contributed by atoms with E-state index < -0.39 is 0 Å². The number of ether oxygens (including phenoxy) is 2. The molecule has 1 aromatic rings. The van der Waals surface area contributed by atoms with Crippen LogP contribution < -0.4 is 14.8 Å². The van der Waals surface area contributed by atoms with Crippen molar-refractivity contribution in [2.45, 2.75) is 19.3 Å². The first kappa shape index (κ1) is 17.9. The Morgan fingerprint density at radius 1 is 1.26 bits per heavy atom. The highest BCUT2D eigenvalue weighted by atomic mass is 35.5. The van der Waals surface area contributed by atoms with Crippen molar-refractivity contribution in [3.8, 4) is 11.5 Å². The Labute approximate surface area is 143 Å². The van der Waals surface area contributed by atoms with E-state index >= 15 is 0 Å². The number of rotatable bonds is 4. The fourth-order valence-corrected chi connectivity index (χ4v) is 3.38. The second-order valence-corrected chi connectivity index (χ2v) is 6.28. The number of benzene rings is 1. The molecule has 1 aromatic carbocycles. The molecule has 1 amide bonds. The largest absolute Gasteiger partial charge is 0.497 e. The number of methoxy groups -OCH3 is 1. The molecular formula is C17H25ClN2O3. The van der Waals surface area contributed by atoms with Crippen LogP contribution in [0.15, 0.2) is 24.3 Å². The third kappa shape index (κ3) is 4.30. The van der Waals surface area contributed by atoms with E-state index in [0.717, 1.165) is 44.8 Å². The smallest absolute Gasteiger partial charge is 0.260 e. The van der Waals surface area contributed by atoms with Crippen LogP contribution in [-0.4, -0.2) is 50.7 Å². The molecule has 6 heteroatoms. The Morgan fingerprint density at radius 3 is 2.65 bits per heavy atom. The van der Waals surface area contributed by atoms with E-state index in [1.165, 1.54) is 6.42 Å². The minimum Gasteiger partial charge on any atom is -0.497 e. The van der Waals surface area contributed by atoms with Gasteiger partial charge in [-0.05, 0) is 43.4 Å². The molecule has 0 aromatic heterocycles. The summed E-state index contributed by atoms with van der Waals surface area (Å²) in [5.41, 5.74) is 0.435. The molecule has 0 bridgehead atoms. The van der Waals surface area contributed by atoms with Crippen LogP contribution >= 0.6 is 12.4 Å². The molecule has 2 aliphatic rings. The summed E-state index contributed by atoms with van der Waals surface area (Å²) in [6.07, 6.45) is 3.45. The number of nitrogens with zero attached hydrogens (tertiary/aromatic N) is 1. The van der Waals surface area contributed by atoms with E-state index in [2.05, 4.69) is 5.32 Å². The standard InChI is InChI=1S/C17H24N2O3.ClH/c1-21-14-3-2-4-15(11-14)22-12-16(20)19-9-6-17(7-10-19)5-8-18-13-17;/h2-4,11,18H,5-10,12-13H2,1H3;1H. The molecule has 2 aliphatic heterocycles. The van der Waals surface area contributed by atoms with Gasteiger partial charge in [-0.15, -0.1) is 12.4 Å². The Balaban J connectivity index is 0.00000192. The summed E-state index contributed by atoms with van der Waals surface area (Å²) in [4.78, 5) is 14.2. The van der Waals surface area contributed by atoms with Crippen molar-refractivity contribution in [3.05, 3.63) is 24.3 Å². The van der Waals surface area contributed by atoms with Gasteiger partial charge in [-0.3, -0.25) is 4.79 Å². The van der Waals surface area contributed by atoms with Crippen molar-refractivity contribution in [1.82, 2.24) is 10.2 Å². The lowest BCUT2D eigenvalue weighted by Crippen LogP contribution is -2.45. The summed E-state index contributed by atoms with van der Waals surface area (Å²) >= 11 is 0. The Bertz CT molecular complexity index is 522. The third-order valence-electron chi connectivity index (χ3n) is 4.91. The van der Waals surface area contributed by atoms with Crippen molar-refractivity contribution in [3.63, 3.8) is 0 Å².